The average molecular weight is 273 g/mol. The second-order valence-corrected chi connectivity index (χ2v) is 5.69. The quantitative estimate of drug-likeness (QED) is 0.671. The fraction of sp³-hybridized carbons (Fsp3) is 0.158. The number of ketones is 1. The second-order valence-electron chi connectivity index (χ2n) is 5.69. The van der Waals surface area contributed by atoms with Gasteiger partial charge < -0.3 is 0 Å². The second kappa shape index (κ2) is 4.52. The Kier molecular flexibility index (Phi) is 2.64. The van der Waals surface area contributed by atoms with E-state index in [2.05, 4.69) is 17.1 Å². The number of rotatable bonds is 3. The third-order valence-corrected chi connectivity index (χ3v) is 4.42. The van der Waals surface area contributed by atoms with Crippen molar-refractivity contribution in [3.05, 3.63) is 78.1 Å². The van der Waals surface area contributed by atoms with Crippen molar-refractivity contribution in [2.45, 2.75) is 18.3 Å². The molecule has 1 aliphatic rings. The van der Waals surface area contributed by atoms with Gasteiger partial charge in [0.25, 0.3) is 0 Å². The summed E-state index contributed by atoms with van der Waals surface area (Å²) >= 11 is 0. The van der Waals surface area contributed by atoms with Crippen LogP contribution < -0.4 is 0 Å². The zero-order valence-corrected chi connectivity index (χ0v) is 11.6. The van der Waals surface area contributed by atoms with E-state index in [4.69, 9.17) is 0 Å². The molecular formula is C19H15NO. The minimum atomic E-state index is -0.326. The molecule has 0 aliphatic heterocycles. The maximum absolute atomic E-state index is 13.1. The first kappa shape index (κ1) is 12.3. The molecule has 1 aliphatic carbocycles. The van der Waals surface area contributed by atoms with E-state index in [1.807, 2.05) is 48.7 Å². The highest BCUT2D eigenvalue weighted by Crippen LogP contribution is 2.50. The molecule has 2 nitrogen and oxygen atoms in total. The van der Waals surface area contributed by atoms with Gasteiger partial charge in [-0.1, -0.05) is 54.6 Å². The number of nitrogens with zero attached hydrogens (tertiary/aromatic N) is 1. The predicted molar refractivity (Wildman–Crippen MR) is 83.4 cm³/mol. The van der Waals surface area contributed by atoms with Gasteiger partial charge in [0.1, 0.15) is 0 Å². The minimum Gasteiger partial charge on any atom is -0.293 e. The van der Waals surface area contributed by atoms with Gasteiger partial charge in [-0.25, -0.2) is 0 Å². The zero-order chi connectivity index (χ0) is 14.3. The van der Waals surface area contributed by atoms with Crippen molar-refractivity contribution in [3.63, 3.8) is 0 Å². The van der Waals surface area contributed by atoms with Gasteiger partial charge in [-0.05, 0) is 23.8 Å². The standard InChI is InChI=1S/C19H15NO/c21-18(19(10-11-19)15-7-2-1-3-8-15)17-13-20-12-14-6-4-5-9-16(14)17/h1-9,12-13H,10-11H2. The van der Waals surface area contributed by atoms with Crippen molar-refractivity contribution in [3.8, 4) is 0 Å². The van der Waals surface area contributed by atoms with Crippen molar-refractivity contribution in [2.24, 2.45) is 0 Å². The van der Waals surface area contributed by atoms with E-state index in [0.29, 0.717) is 0 Å². The lowest BCUT2D eigenvalue weighted by atomic mass is 9.86. The number of carbonyl (C=O) groups excluding carboxylic acids is 1. The van der Waals surface area contributed by atoms with Crippen LogP contribution in [0.2, 0.25) is 0 Å². The Morgan fingerprint density at radius 3 is 2.38 bits per heavy atom. The molecule has 0 spiro atoms. The van der Waals surface area contributed by atoms with Crippen molar-refractivity contribution in [1.29, 1.82) is 0 Å². The molecule has 2 heteroatoms. The van der Waals surface area contributed by atoms with Crippen LogP contribution in [0, 0.1) is 0 Å². The van der Waals surface area contributed by atoms with Crippen molar-refractivity contribution >= 4 is 16.6 Å². The summed E-state index contributed by atoms with van der Waals surface area (Å²) in [6.45, 7) is 0. The van der Waals surface area contributed by atoms with E-state index < -0.39 is 0 Å². The van der Waals surface area contributed by atoms with Gasteiger partial charge in [-0.15, -0.1) is 0 Å². The Balaban J connectivity index is 1.85. The first-order chi connectivity index (χ1) is 10.3. The maximum Gasteiger partial charge on any atom is 0.175 e. The number of pyridine rings is 1. The Labute approximate surface area is 123 Å². The van der Waals surface area contributed by atoms with E-state index in [9.17, 15) is 4.79 Å². The molecule has 102 valence electrons. The molecule has 21 heavy (non-hydrogen) atoms. The molecule has 0 atom stereocenters. The summed E-state index contributed by atoms with van der Waals surface area (Å²) in [7, 11) is 0. The molecule has 0 bridgehead atoms. The minimum absolute atomic E-state index is 0.206. The van der Waals surface area contributed by atoms with Crippen LogP contribution in [0.1, 0.15) is 28.8 Å². The van der Waals surface area contributed by atoms with E-state index in [1.54, 1.807) is 6.20 Å². The third kappa shape index (κ3) is 1.87. The zero-order valence-electron chi connectivity index (χ0n) is 11.6. The van der Waals surface area contributed by atoms with Crippen molar-refractivity contribution < 1.29 is 4.79 Å². The summed E-state index contributed by atoms with van der Waals surface area (Å²) < 4.78 is 0. The summed E-state index contributed by atoms with van der Waals surface area (Å²) in [6.07, 6.45) is 5.39. The number of hydrogen-bond acceptors (Lipinski definition) is 2. The van der Waals surface area contributed by atoms with Gasteiger partial charge in [0.15, 0.2) is 5.78 Å². The Bertz CT molecular complexity index is 814. The third-order valence-electron chi connectivity index (χ3n) is 4.42. The molecule has 1 aromatic heterocycles. The highest BCUT2D eigenvalue weighted by molar-refractivity contribution is 6.13. The molecule has 0 radical (unpaired) electrons. The molecule has 0 N–H and O–H groups in total. The average Bonchev–Trinajstić information content (AvgIpc) is 3.36. The lowest BCUT2D eigenvalue weighted by Gasteiger charge is -2.15. The van der Waals surface area contributed by atoms with Gasteiger partial charge in [0.2, 0.25) is 0 Å². The molecular weight excluding hydrogens is 258 g/mol. The van der Waals surface area contributed by atoms with Crippen LogP contribution >= 0.6 is 0 Å². The largest absolute Gasteiger partial charge is 0.293 e. The molecule has 1 fully saturated rings. The molecule has 1 saturated carbocycles. The predicted octanol–water partition coefficient (Wildman–Crippen LogP) is 4.15. The number of fused-ring (bicyclic) bond motifs is 1. The Morgan fingerprint density at radius 1 is 0.905 bits per heavy atom. The SMILES string of the molecule is O=C(c1cncc2ccccc12)C1(c2ccccc2)CC1. The molecule has 0 unspecified atom stereocenters. The summed E-state index contributed by atoms with van der Waals surface area (Å²) in [5, 5.41) is 2.02. The van der Waals surface area contributed by atoms with E-state index in [-0.39, 0.29) is 11.2 Å². The van der Waals surface area contributed by atoms with Crippen LogP contribution in [-0.2, 0) is 5.41 Å². The number of aromatic nitrogens is 1. The molecule has 3 aromatic rings. The number of carbonyl (C=O) groups is 1. The maximum atomic E-state index is 13.1. The summed E-state index contributed by atoms with van der Waals surface area (Å²) in [5.74, 6) is 0.206. The molecule has 1 heterocycles. The highest BCUT2D eigenvalue weighted by atomic mass is 16.1. The Hall–Kier alpha value is -2.48. The van der Waals surface area contributed by atoms with E-state index >= 15 is 0 Å². The molecule has 4 rings (SSSR count). The first-order valence-corrected chi connectivity index (χ1v) is 7.24. The van der Waals surface area contributed by atoms with Gasteiger partial charge in [0.05, 0.1) is 5.41 Å². The normalized spacial score (nSPS) is 15.8. The number of Topliss-reactive ketones (excluding diaryl/α,β-unsaturated/α-hetero) is 1. The number of hydrogen-bond donors (Lipinski definition) is 0. The van der Waals surface area contributed by atoms with Crippen LogP contribution in [0.5, 0.6) is 0 Å². The first-order valence-electron chi connectivity index (χ1n) is 7.24. The van der Waals surface area contributed by atoms with Crippen molar-refractivity contribution in [1.82, 2.24) is 4.98 Å². The van der Waals surface area contributed by atoms with Crippen LogP contribution in [0.15, 0.2) is 67.0 Å². The van der Waals surface area contributed by atoms with Crippen molar-refractivity contribution in [2.75, 3.05) is 0 Å². The van der Waals surface area contributed by atoms with Gasteiger partial charge >= 0.3 is 0 Å². The fourth-order valence-electron chi connectivity index (χ4n) is 3.08. The fourth-order valence-corrected chi connectivity index (χ4v) is 3.08. The van der Waals surface area contributed by atoms with Gasteiger partial charge in [0, 0.05) is 23.3 Å². The van der Waals surface area contributed by atoms with Crippen LogP contribution in [0.25, 0.3) is 10.8 Å². The lowest BCUT2D eigenvalue weighted by Crippen LogP contribution is -2.21. The van der Waals surface area contributed by atoms with Crippen LogP contribution in [0.4, 0.5) is 0 Å². The van der Waals surface area contributed by atoms with E-state index in [1.165, 1.54) is 0 Å². The van der Waals surface area contributed by atoms with Gasteiger partial charge in [-0.2, -0.15) is 0 Å². The topological polar surface area (TPSA) is 30.0 Å². The molecule has 0 saturated heterocycles. The summed E-state index contributed by atoms with van der Waals surface area (Å²) in [6, 6.07) is 18.1. The highest BCUT2D eigenvalue weighted by Gasteiger charge is 2.51. The Morgan fingerprint density at radius 2 is 1.62 bits per heavy atom. The lowest BCUT2D eigenvalue weighted by molar-refractivity contribution is 0.0947. The summed E-state index contributed by atoms with van der Waals surface area (Å²) in [4.78, 5) is 17.4. The summed E-state index contributed by atoms with van der Waals surface area (Å²) in [5.41, 5.74) is 1.55. The van der Waals surface area contributed by atoms with Gasteiger partial charge in [-0.3, -0.25) is 9.78 Å². The molecule has 2 aromatic carbocycles. The number of benzene rings is 2. The van der Waals surface area contributed by atoms with Crippen LogP contribution in [-0.4, -0.2) is 10.8 Å². The van der Waals surface area contributed by atoms with Crippen LogP contribution in [0.3, 0.4) is 0 Å². The molecule has 0 amide bonds. The smallest absolute Gasteiger partial charge is 0.175 e. The monoisotopic (exact) mass is 273 g/mol. The van der Waals surface area contributed by atoms with E-state index in [0.717, 1.165) is 34.7 Å².